The Morgan fingerprint density at radius 1 is 1.18 bits per heavy atom. The van der Waals surface area contributed by atoms with Crippen molar-refractivity contribution in [2.45, 2.75) is 18.2 Å². The molecule has 1 N–H and O–H groups in total. The van der Waals surface area contributed by atoms with Gasteiger partial charge < -0.3 is 0 Å². The van der Waals surface area contributed by atoms with Crippen LogP contribution in [-0.2, 0) is 11.2 Å². The van der Waals surface area contributed by atoms with Gasteiger partial charge >= 0.3 is 0 Å². The van der Waals surface area contributed by atoms with Gasteiger partial charge in [0.1, 0.15) is 0 Å². The van der Waals surface area contributed by atoms with Crippen LogP contribution in [0, 0.1) is 0 Å². The molecule has 0 radical (unpaired) electrons. The van der Waals surface area contributed by atoms with Crippen molar-refractivity contribution in [3.05, 3.63) is 64.7 Å². The van der Waals surface area contributed by atoms with Gasteiger partial charge in [-0.15, -0.1) is 11.8 Å². The molecule has 2 aromatic carbocycles. The summed E-state index contributed by atoms with van der Waals surface area (Å²) in [5.41, 5.74) is 4.76. The zero-order valence-electron chi connectivity index (χ0n) is 12.3. The highest BCUT2D eigenvalue weighted by Gasteiger charge is 2.01. The highest BCUT2D eigenvalue weighted by molar-refractivity contribution is 8.00. The molecule has 0 saturated heterocycles. The average Bonchev–Trinajstić information content (AvgIpc) is 2.55. The fourth-order valence-corrected chi connectivity index (χ4v) is 2.55. The Balaban J connectivity index is 1.76. The lowest BCUT2D eigenvalue weighted by atomic mass is 10.1. The molecule has 2 aromatic rings. The Morgan fingerprint density at radius 2 is 1.86 bits per heavy atom. The third kappa shape index (κ3) is 5.54. The molecule has 0 aliphatic heterocycles. The Morgan fingerprint density at radius 3 is 2.50 bits per heavy atom. The van der Waals surface area contributed by atoms with Crippen molar-refractivity contribution >= 4 is 35.5 Å². The lowest BCUT2D eigenvalue weighted by Crippen LogP contribution is -2.19. The normalized spacial score (nSPS) is 10.8. The Hall–Kier alpha value is -1.78. The van der Waals surface area contributed by atoms with E-state index in [4.69, 9.17) is 11.6 Å². The number of nitrogens with one attached hydrogen (secondary N) is 1. The minimum Gasteiger partial charge on any atom is -0.272 e. The summed E-state index contributed by atoms with van der Waals surface area (Å²) >= 11 is 7.26. The van der Waals surface area contributed by atoms with Gasteiger partial charge in [0.05, 0.1) is 12.0 Å². The molecule has 0 spiro atoms. The van der Waals surface area contributed by atoms with Crippen molar-refractivity contribution in [3.8, 4) is 0 Å². The molecule has 0 atom stereocenters. The number of amides is 1. The van der Waals surface area contributed by atoms with Crippen LogP contribution in [0.15, 0.2) is 58.5 Å². The topological polar surface area (TPSA) is 41.5 Å². The second-order valence-corrected chi connectivity index (χ2v) is 6.12. The van der Waals surface area contributed by atoms with E-state index in [1.54, 1.807) is 18.3 Å². The van der Waals surface area contributed by atoms with E-state index in [0.29, 0.717) is 10.8 Å². The second kappa shape index (κ2) is 8.61. The lowest BCUT2D eigenvalue weighted by Gasteiger charge is -2.01. The minimum atomic E-state index is -0.138. The lowest BCUT2D eigenvalue weighted by molar-refractivity contribution is -0.118. The average molecular weight is 333 g/mol. The van der Waals surface area contributed by atoms with E-state index in [1.165, 1.54) is 17.3 Å². The summed E-state index contributed by atoms with van der Waals surface area (Å²) in [6, 6.07) is 15.5. The summed E-state index contributed by atoms with van der Waals surface area (Å²) < 4.78 is 0. The molecule has 5 heteroatoms. The van der Waals surface area contributed by atoms with E-state index in [2.05, 4.69) is 29.6 Å². The SMILES string of the molecule is CCc1ccc(/C=N\NC(=O)CSc2ccc(Cl)cc2)cc1. The van der Waals surface area contributed by atoms with Gasteiger partial charge in [-0.25, -0.2) is 5.43 Å². The van der Waals surface area contributed by atoms with Crippen molar-refractivity contribution in [3.63, 3.8) is 0 Å². The molecule has 0 aliphatic carbocycles. The van der Waals surface area contributed by atoms with E-state index in [9.17, 15) is 4.79 Å². The van der Waals surface area contributed by atoms with Crippen LogP contribution < -0.4 is 5.43 Å². The molecule has 22 heavy (non-hydrogen) atoms. The molecule has 0 unspecified atom stereocenters. The zero-order chi connectivity index (χ0) is 15.8. The van der Waals surface area contributed by atoms with Crippen LogP contribution in [0.25, 0.3) is 0 Å². The molecule has 0 bridgehead atoms. The number of hydrogen-bond donors (Lipinski definition) is 1. The van der Waals surface area contributed by atoms with E-state index >= 15 is 0 Å². The smallest absolute Gasteiger partial charge is 0.250 e. The van der Waals surface area contributed by atoms with Gasteiger partial charge in [0.2, 0.25) is 5.91 Å². The van der Waals surface area contributed by atoms with Crippen LogP contribution in [0.2, 0.25) is 5.02 Å². The van der Waals surface area contributed by atoms with Crippen molar-refractivity contribution in [1.82, 2.24) is 5.43 Å². The molecule has 2 rings (SSSR count). The number of aryl methyl sites for hydroxylation is 1. The largest absolute Gasteiger partial charge is 0.272 e. The number of halogens is 1. The predicted octanol–water partition coefficient (Wildman–Crippen LogP) is 4.14. The maximum atomic E-state index is 11.7. The molecule has 0 fully saturated rings. The molecular formula is C17H17ClN2OS. The summed E-state index contributed by atoms with van der Waals surface area (Å²) in [6.45, 7) is 2.11. The number of benzene rings is 2. The third-order valence-corrected chi connectivity index (χ3v) is 4.24. The van der Waals surface area contributed by atoms with E-state index in [1.807, 2.05) is 24.3 Å². The maximum Gasteiger partial charge on any atom is 0.250 e. The van der Waals surface area contributed by atoms with E-state index in [0.717, 1.165) is 16.9 Å². The molecule has 0 aliphatic rings. The summed E-state index contributed by atoms with van der Waals surface area (Å²) in [7, 11) is 0. The van der Waals surface area contributed by atoms with Crippen LogP contribution in [0.1, 0.15) is 18.1 Å². The second-order valence-electron chi connectivity index (χ2n) is 4.63. The Bertz CT molecular complexity index is 639. The molecule has 0 aromatic heterocycles. The van der Waals surface area contributed by atoms with Gasteiger partial charge in [-0.2, -0.15) is 5.10 Å². The number of hydrazone groups is 1. The number of thioether (sulfide) groups is 1. The Kier molecular flexibility index (Phi) is 6.49. The van der Waals surface area contributed by atoms with Gasteiger partial charge in [0.15, 0.2) is 0 Å². The number of nitrogens with zero attached hydrogens (tertiary/aromatic N) is 1. The van der Waals surface area contributed by atoms with Crippen molar-refractivity contribution in [2.24, 2.45) is 5.10 Å². The summed E-state index contributed by atoms with van der Waals surface area (Å²) in [6.07, 6.45) is 2.65. The zero-order valence-corrected chi connectivity index (χ0v) is 13.8. The van der Waals surface area contributed by atoms with Crippen LogP contribution in [0.4, 0.5) is 0 Å². The molecular weight excluding hydrogens is 316 g/mol. The molecule has 114 valence electrons. The van der Waals surface area contributed by atoms with Gasteiger partial charge in [0.25, 0.3) is 0 Å². The quantitative estimate of drug-likeness (QED) is 0.490. The fourth-order valence-electron chi connectivity index (χ4n) is 1.73. The number of carbonyl (C=O) groups is 1. The standard InChI is InChI=1S/C17H17ClN2OS/c1-2-13-3-5-14(6-4-13)11-19-20-17(21)12-22-16-9-7-15(18)8-10-16/h3-11H,2,12H2,1H3,(H,20,21)/b19-11-. The first-order chi connectivity index (χ1) is 10.7. The summed E-state index contributed by atoms with van der Waals surface area (Å²) in [5.74, 6) is 0.176. The third-order valence-electron chi connectivity index (χ3n) is 2.97. The summed E-state index contributed by atoms with van der Waals surface area (Å²) in [4.78, 5) is 12.7. The van der Waals surface area contributed by atoms with Crippen LogP contribution in [0.3, 0.4) is 0 Å². The van der Waals surface area contributed by atoms with E-state index < -0.39 is 0 Å². The highest BCUT2D eigenvalue weighted by atomic mass is 35.5. The minimum absolute atomic E-state index is 0.138. The van der Waals surface area contributed by atoms with Crippen LogP contribution in [-0.4, -0.2) is 17.9 Å². The predicted molar refractivity (Wildman–Crippen MR) is 93.7 cm³/mol. The first-order valence-corrected chi connectivity index (χ1v) is 8.33. The first kappa shape index (κ1) is 16.6. The van der Waals surface area contributed by atoms with Gasteiger partial charge in [-0.3, -0.25) is 4.79 Å². The number of hydrogen-bond acceptors (Lipinski definition) is 3. The van der Waals surface area contributed by atoms with Crippen molar-refractivity contribution in [1.29, 1.82) is 0 Å². The Labute approximate surface area is 139 Å². The van der Waals surface area contributed by atoms with E-state index in [-0.39, 0.29) is 5.91 Å². The van der Waals surface area contributed by atoms with Crippen LogP contribution >= 0.6 is 23.4 Å². The fraction of sp³-hybridized carbons (Fsp3) is 0.176. The molecule has 3 nitrogen and oxygen atoms in total. The number of carbonyl (C=O) groups excluding carboxylic acids is 1. The van der Waals surface area contributed by atoms with Gasteiger partial charge in [-0.05, 0) is 41.8 Å². The first-order valence-electron chi connectivity index (χ1n) is 6.96. The molecule has 1 amide bonds. The van der Waals surface area contributed by atoms with Crippen LogP contribution in [0.5, 0.6) is 0 Å². The van der Waals surface area contributed by atoms with Gasteiger partial charge in [-0.1, -0.05) is 42.8 Å². The van der Waals surface area contributed by atoms with Crippen molar-refractivity contribution < 1.29 is 4.79 Å². The molecule has 0 heterocycles. The molecule has 0 saturated carbocycles. The highest BCUT2D eigenvalue weighted by Crippen LogP contribution is 2.19. The van der Waals surface area contributed by atoms with Crippen molar-refractivity contribution in [2.75, 3.05) is 5.75 Å². The van der Waals surface area contributed by atoms with Gasteiger partial charge in [0, 0.05) is 9.92 Å². The maximum absolute atomic E-state index is 11.7. The monoisotopic (exact) mass is 332 g/mol. The summed E-state index contributed by atoms with van der Waals surface area (Å²) in [5, 5.41) is 4.65. The number of rotatable bonds is 6.